The number of aliphatic imine (C=N–C) groups is 1. The molecule has 0 amide bonds. The van der Waals surface area contributed by atoms with Crippen LogP contribution >= 0.6 is 0 Å². The third-order valence-corrected chi connectivity index (χ3v) is 3.33. The largest absolute Gasteiger partial charge is 0.401 e. The summed E-state index contributed by atoms with van der Waals surface area (Å²) in [6.45, 7) is 2.07. The number of nitrogens with zero attached hydrogens (tertiary/aromatic N) is 2. The lowest BCUT2D eigenvalue weighted by Gasteiger charge is -2.20. The van der Waals surface area contributed by atoms with Crippen LogP contribution in [0.2, 0.25) is 0 Å². The second kappa shape index (κ2) is 9.39. The van der Waals surface area contributed by atoms with E-state index >= 15 is 0 Å². The molecule has 1 unspecified atom stereocenters. The Morgan fingerprint density at radius 2 is 1.91 bits per heavy atom. The van der Waals surface area contributed by atoms with Crippen molar-refractivity contribution in [3.63, 3.8) is 0 Å². The van der Waals surface area contributed by atoms with Crippen molar-refractivity contribution in [2.45, 2.75) is 25.6 Å². The number of hydrogen-bond donors (Lipinski definition) is 2. The molecule has 0 saturated carbocycles. The number of halogens is 3. The van der Waals surface area contributed by atoms with Crippen LogP contribution in [0.4, 0.5) is 13.2 Å². The molecule has 1 rings (SSSR count). The van der Waals surface area contributed by atoms with Crippen molar-refractivity contribution in [1.82, 2.24) is 15.5 Å². The van der Waals surface area contributed by atoms with Gasteiger partial charge in [-0.25, -0.2) is 0 Å². The molecular formula is C16H25F3N4. The van der Waals surface area contributed by atoms with Gasteiger partial charge in [-0.1, -0.05) is 30.3 Å². The lowest BCUT2D eigenvalue weighted by molar-refractivity contribution is -0.143. The van der Waals surface area contributed by atoms with Gasteiger partial charge >= 0.3 is 6.18 Å². The topological polar surface area (TPSA) is 39.7 Å². The minimum atomic E-state index is -4.15. The fraction of sp³-hybridized carbons (Fsp3) is 0.562. The van der Waals surface area contributed by atoms with Crippen LogP contribution in [0.15, 0.2) is 35.3 Å². The van der Waals surface area contributed by atoms with Gasteiger partial charge in [0.05, 0.1) is 12.6 Å². The number of benzene rings is 1. The van der Waals surface area contributed by atoms with Crippen molar-refractivity contribution in [1.29, 1.82) is 0 Å². The van der Waals surface area contributed by atoms with E-state index in [0.717, 1.165) is 5.56 Å². The van der Waals surface area contributed by atoms with E-state index in [1.807, 2.05) is 37.3 Å². The monoisotopic (exact) mass is 330 g/mol. The molecule has 23 heavy (non-hydrogen) atoms. The predicted molar refractivity (Wildman–Crippen MR) is 87.5 cm³/mol. The van der Waals surface area contributed by atoms with Crippen molar-refractivity contribution in [2.75, 3.05) is 33.7 Å². The quantitative estimate of drug-likeness (QED) is 0.459. The van der Waals surface area contributed by atoms with Gasteiger partial charge in [0.2, 0.25) is 0 Å². The van der Waals surface area contributed by atoms with Crippen molar-refractivity contribution < 1.29 is 13.2 Å². The Kier molecular flexibility index (Phi) is 7.88. The molecular weight excluding hydrogens is 305 g/mol. The third kappa shape index (κ3) is 8.44. The molecule has 0 saturated heterocycles. The molecule has 0 aliphatic heterocycles. The highest BCUT2D eigenvalue weighted by Crippen LogP contribution is 2.15. The summed E-state index contributed by atoms with van der Waals surface area (Å²) in [7, 11) is 3.14. The number of nitrogens with one attached hydrogen (secondary N) is 2. The van der Waals surface area contributed by atoms with Gasteiger partial charge < -0.3 is 10.6 Å². The van der Waals surface area contributed by atoms with Gasteiger partial charge in [0.15, 0.2) is 5.96 Å². The van der Waals surface area contributed by atoms with E-state index in [2.05, 4.69) is 15.6 Å². The molecule has 1 atom stereocenters. The van der Waals surface area contributed by atoms with Crippen molar-refractivity contribution in [2.24, 2.45) is 4.99 Å². The van der Waals surface area contributed by atoms with E-state index in [0.29, 0.717) is 25.5 Å². The lowest BCUT2D eigenvalue weighted by Crippen LogP contribution is -2.40. The van der Waals surface area contributed by atoms with Gasteiger partial charge in [0.25, 0.3) is 0 Å². The Balaban J connectivity index is 2.30. The van der Waals surface area contributed by atoms with Crippen LogP contribution in [0.25, 0.3) is 0 Å². The van der Waals surface area contributed by atoms with Gasteiger partial charge in [-0.3, -0.25) is 9.89 Å². The van der Waals surface area contributed by atoms with Crippen LogP contribution < -0.4 is 10.6 Å². The first kappa shape index (κ1) is 19.3. The minimum absolute atomic E-state index is 0.0929. The number of alkyl halides is 3. The molecule has 7 heteroatoms. The van der Waals surface area contributed by atoms with Crippen LogP contribution in [-0.4, -0.2) is 50.8 Å². The predicted octanol–water partition coefficient (Wildman–Crippen LogP) is 2.80. The molecule has 1 aromatic rings. The summed E-state index contributed by atoms with van der Waals surface area (Å²) in [4.78, 5) is 5.40. The molecule has 130 valence electrons. The Labute approximate surface area is 135 Å². The smallest absolute Gasteiger partial charge is 0.356 e. The second-order valence-corrected chi connectivity index (χ2v) is 5.48. The summed E-state index contributed by atoms with van der Waals surface area (Å²) in [5.74, 6) is 0.639. The molecule has 1 aromatic carbocycles. The maximum absolute atomic E-state index is 12.2. The number of guanidine groups is 1. The zero-order chi connectivity index (χ0) is 17.3. The number of hydrogen-bond acceptors (Lipinski definition) is 2. The van der Waals surface area contributed by atoms with Gasteiger partial charge in [-0.15, -0.1) is 0 Å². The number of rotatable bonds is 7. The molecule has 0 spiro atoms. The molecule has 2 N–H and O–H groups in total. The lowest BCUT2D eigenvalue weighted by atomic mass is 10.1. The summed E-state index contributed by atoms with van der Waals surface area (Å²) in [6, 6.07) is 10.0. The molecule has 0 aliphatic carbocycles. The molecule has 0 fully saturated rings. The minimum Gasteiger partial charge on any atom is -0.356 e. The fourth-order valence-electron chi connectivity index (χ4n) is 2.17. The molecule has 0 heterocycles. The Hall–Kier alpha value is -1.76. The van der Waals surface area contributed by atoms with Crippen molar-refractivity contribution >= 4 is 5.96 Å². The maximum atomic E-state index is 12.2. The van der Waals surface area contributed by atoms with Crippen LogP contribution in [0.5, 0.6) is 0 Å². The van der Waals surface area contributed by atoms with E-state index in [9.17, 15) is 13.2 Å². The summed E-state index contributed by atoms with van der Waals surface area (Å²) in [5, 5.41) is 6.37. The summed E-state index contributed by atoms with van der Waals surface area (Å²) < 4.78 is 36.6. The molecule has 4 nitrogen and oxygen atoms in total. The van der Waals surface area contributed by atoms with Gasteiger partial charge in [0.1, 0.15) is 0 Å². The highest BCUT2D eigenvalue weighted by atomic mass is 19.4. The van der Waals surface area contributed by atoms with E-state index < -0.39 is 12.7 Å². The zero-order valence-corrected chi connectivity index (χ0v) is 13.8. The van der Waals surface area contributed by atoms with Crippen LogP contribution in [0.1, 0.15) is 24.9 Å². The Morgan fingerprint density at radius 1 is 1.26 bits per heavy atom. The first-order valence-electron chi connectivity index (χ1n) is 7.59. The first-order chi connectivity index (χ1) is 10.8. The Morgan fingerprint density at radius 3 is 2.48 bits per heavy atom. The molecule has 0 bridgehead atoms. The highest BCUT2D eigenvalue weighted by Gasteiger charge is 2.28. The second-order valence-electron chi connectivity index (χ2n) is 5.48. The SMILES string of the molecule is CN=C(NCCCN(C)CC(F)(F)F)NC(C)c1ccccc1. The summed E-state index contributed by atoms with van der Waals surface area (Å²) in [6.07, 6.45) is -3.54. The van der Waals surface area contributed by atoms with Gasteiger partial charge in [0, 0.05) is 13.6 Å². The summed E-state index contributed by atoms with van der Waals surface area (Å²) in [5.41, 5.74) is 1.14. The van der Waals surface area contributed by atoms with E-state index in [1.54, 1.807) is 7.05 Å². The molecule has 0 aromatic heterocycles. The fourth-order valence-corrected chi connectivity index (χ4v) is 2.17. The average molecular weight is 330 g/mol. The standard InChI is InChI=1S/C16H25F3N4/c1-13(14-8-5-4-6-9-14)22-15(20-2)21-10-7-11-23(3)12-16(17,18)19/h4-6,8-9,13H,7,10-12H2,1-3H3,(H2,20,21,22). The van der Waals surface area contributed by atoms with Gasteiger partial charge in [-0.05, 0) is 32.5 Å². The third-order valence-electron chi connectivity index (χ3n) is 3.33. The van der Waals surface area contributed by atoms with Crippen LogP contribution in [-0.2, 0) is 0 Å². The van der Waals surface area contributed by atoms with Crippen molar-refractivity contribution in [3.8, 4) is 0 Å². The highest BCUT2D eigenvalue weighted by molar-refractivity contribution is 5.80. The first-order valence-corrected chi connectivity index (χ1v) is 7.59. The maximum Gasteiger partial charge on any atom is 0.401 e. The zero-order valence-electron chi connectivity index (χ0n) is 13.8. The van der Waals surface area contributed by atoms with E-state index in [-0.39, 0.29) is 6.04 Å². The normalized spacial score (nSPS) is 14.0. The molecule has 0 aliphatic rings. The van der Waals surface area contributed by atoms with E-state index in [4.69, 9.17) is 0 Å². The van der Waals surface area contributed by atoms with Crippen molar-refractivity contribution in [3.05, 3.63) is 35.9 Å². The van der Waals surface area contributed by atoms with Crippen LogP contribution in [0.3, 0.4) is 0 Å². The Bertz CT molecular complexity index is 474. The van der Waals surface area contributed by atoms with E-state index in [1.165, 1.54) is 11.9 Å². The molecule has 0 radical (unpaired) electrons. The van der Waals surface area contributed by atoms with Gasteiger partial charge in [-0.2, -0.15) is 13.2 Å². The average Bonchev–Trinajstić information content (AvgIpc) is 2.49. The summed E-state index contributed by atoms with van der Waals surface area (Å²) >= 11 is 0. The van der Waals surface area contributed by atoms with Crippen LogP contribution in [0, 0.1) is 0 Å².